The van der Waals surface area contributed by atoms with Gasteiger partial charge in [-0.05, 0) is 38.7 Å². The van der Waals surface area contributed by atoms with Gasteiger partial charge < -0.3 is 4.90 Å². The Labute approximate surface area is 108 Å². The standard InChI is InChI=1S/C11H19NO.2C2H6/c1-5-11(13)12-9(3)6-8(2)7-10(12)4;2*1-2/h5,8-10H,1,6-7H2,2-4H3;2*1-2H3. The summed E-state index contributed by atoms with van der Waals surface area (Å²) in [7, 11) is 0. The lowest BCUT2D eigenvalue weighted by Gasteiger charge is -2.41. The normalized spacial score (nSPS) is 27.0. The van der Waals surface area contributed by atoms with Crippen molar-refractivity contribution in [1.82, 2.24) is 4.90 Å². The van der Waals surface area contributed by atoms with Gasteiger partial charge in [-0.3, -0.25) is 4.79 Å². The Bertz CT molecular complexity index is 201. The average molecular weight is 241 g/mol. The Balaban J connectivity index is 0. The van der Waals surface area contributed by atoms with E-state index in [1.54, 1.807) is 0 Å². The Morgan fingerprint density at radius 3 is 1.71 bits per heavy atom. The molecular weight excluding hydrogens is 210 g/mol. The fourth-order valence-electron chi connectivity index (χ4n) is 2.46. The molecule has 0 spiro atoms. The van der Waals surface area contributed by atoms with Crippen molar-refractivity contribution in [2.45, 2.75) is 73.4 Å². The maximum absolute atomic E-state index is 11.5. The number of hydrogen-bond donors (Lipinski definition) is 0. The van der Waals surface area contributed by atoms with Crippen LogP contribution in [0.1, 0.15) is 61.3 Å². The molecule has 1 heterocycles. The Morgan fingerprint density at radius 2 is 1.41 bits per heavy atom. The van der Waals surface area contributed by atoms with E-state index in [1.165, 1.54) is 6.08 Å². The maximum atomic E-state index is 11.5. The summed E-state index contributed by atoms with van der Waals surface area (Å²) in [5.41, 5.74) is 0. The highest BCUT2D eigenvalue weighted by Gasteiger charge is 2.30. The summed E-state index contributed by atoms with van der Waals surface area (Å²) >= 11 is 0. The minimum atomic E-state index is 0.0758. The molecule has 2 atom stereocenters. The molecule has 1 aliphatic rings. The van der Waals surface area contributed by atoms with E-state index in [0.717, 1.165) is 18.8 Å². The minimum absolute atomic E-state index is 0.0758. The van der Waals surface area contributed by atoms with Crippen molar-refractivity contribution in [3.8, 4) is 0 Å². The lowest BCUT2D eigenvalue weighted by molar-refractivity contribution is -0.132. The van der Waals surface area contributed by atoms with E-state index in [1.807, 2.05) is 32.6 Å². The second kappa shape index (κ2) is 10.4. The van der Waals surface area contributed by atoms with E-state index in [4.69, 9.17) is 0 Å². The van der Waals surface area contributed by atoms with Crippen LogP contribution in [0.3, 0.4) is 0 Å². The highest BCUT2D eigenvalue weighted by molar-refractivity contribution is 5.87. The number of hydrogen-bond acceptors (Lipinski definition) is 1. The molecule has 102 valence electrons. The SMILES string of the molecule is C=CC(=O)N1C(C)CC(C)CC1C.CC.CC. The Kier molecular flexibility index (Phi) is 11.3. The third kappa shape index (κ3) is 5.90. The number of rotatable bonds is 1. The van der Waals surface area contributed by atoms with E-state index < -0.39 is 0 Å². The second-order valence-corrected chi connectivity index (χ2v) is 4.22. The molecule has 0 aromatic carbocycles. The number of carbonyl (C=O) groups excluding carboxylic acids is 1. The Hall–Kier alpha value is -0.790. The summed E-state index contributed by atoms with van der Waals surface area (Å²) < 4.78 is 0. The summed E-state index contributed by atoms with van der Waals surface area (Å²) in [5, 5.41) is 0. The first-order valence-corrected chi connectivity index (χ1v) is 7.01. The van der Waals surface area contributed by atoms with Gasteiger partial charge in [0.15, 0.2) is 0 Å². The van der Waals surface area contributed by atoms with E-state index in [0.29, 0.717) is 12.1 Å². The summed E-state index contributed by atoms with van der Waals surface area (Å²) in [4.78, 5) is 13.5. The van der Waals surface area contributed by atoms with E-state index in [9.17, 15) is 4.79 Å². The second-order valence-electron chi connectivity index (χ2n) is 4.22. The number of likely N-dealkylation sites (tertiary alicyclic amines) is 1. The zero-order valence-corrected chi connectivity index (χ0v) is 12.8. The zero-order valence-electron chi connectivity index (χ0n) is 12.8. The minimum Gasteiger partial charge on any atom is -0.334 e. The zero-order chi connectivity index (χ0) is 14.0. The van der Waals surface area contributed by atoms with Crippen molar-refractivity contribution < 1.29 is 4.79 Å². The number of nitrogens with zero attached hydrogens (tertiary/aromatic N) is 1. The number of carbonyl (C=O) groups is 1. The van der Waals surface area contributed by atoms with Crippen molar-refractivity contribution in [2.24, 2.45) is 5.92 Å². The molecule has 2 nitrogen and oxygen atoms in total. The van der Waals surface area contributed by atoms with Crippen LogP contribution in [0, 0.1) is 5.92 Å². The summed E-state index contributed by atoms with van der Waals surface area (Å²) in [6.45, 7) is 18.0. The molecule has 1 saturated heterocycles. The molecule has 1 fully saturated rings. The van der Waals surface area contributed by atoms with Crippen LogP contribution >= 0.6 is 0 Å². The van der Waals surface area contributed by atoms with Crippen LogP contribution in [-0.2, 0) is 4.79 Å². The average Bonchev–Trinajstić information content (AvgIpc) is 2.32. The molecule has 17 heavy (non-hydrogen) atoms. The smallest absolute Gasteiger partial charge is 0.246 e. The van der Waals surface area contributed by atoms with Gasteiger partial charge in [-0.2, -0.15) is 0 Å². The molecular formula is C15H31NO. The van der Waals surface area contributed by atoms with Gasteiger partial charge in [0.2, 0.25) is 5.91 Å². The lowest BCUT2D eigenvalue weighted by Crippen LogP contribution is -2.48. The van der Waals surface area contributed by atoms with Crippen molar-refractivity contribution in [1.29, 1.82) is 0 Å². The van der Waals surface area contributed by atoms with Gasteiger partial charge in [-0.15, -0.1) is 0 Å². The van der Waals surface area contributed by atoms with E-state index in [2.05, 4.69) is 27.4 Å². The number of amides is 1. The monoisotopic (exact) mass is 241 g/mol. The van der Waals surface area contributed by atoms with Crippen LogP contribution in [0.15, 0.2) is 12.7 Å². The summed E-state index contributed by atoms with van der Waals surface area (Å²) in [6, 6.07) is 0.730. The molecule has 0 bridgehead atoms. The molecule has 0 N–H and O–H groups in total. The molecule has 1 aliphatic heterocycles. The van der Waals surface area contributed by atoms with Crippen LogP contribution in [0.25, 0.3) is 0 Å². The highest BCUT2D eigenvalue weighted by atomic mass is 16.2. The van der Waals surface area contributed by atoms with Gasteiger partial charge in [-0.25, -0.2) is 0 Å². The van der Waals surface area contributed by atoms with Crippen LogP contribution in [0.4, 0.5) is 0 Å². The topological polar surface area (TPSA) is 20.3 Å². The van der Waals surface area contributed by atoms with Crippen LogP contribution < -0.4 is 0 Å². The fraction of sp³-hybridized carbons (Fsp3) is 0.800. The van der Waals surface area contributed by atoms with Crippen molar-refractivity contribution in [2.75, 3.05) is 0 Å². The summed E-state index contributed by atoms with van der Waals surface area (Å²) in [6.07, 6.45) is 3.65. The molecule has 2 unspecified atom stereocenters. The van der Waals surface area contributed by atoms with Gasteiger partial charge in [-0.1, -0.05) is 41.2 Å². The molecule has 1 rings (SSSR count). The first kappa shape index (κ1) is 18.6. The van der Waals surface area contributed by atoms with Crippen LogP contribution in [-0.4, -0.2) is 22.9 Å². The lowest BCUT2D eigenvalue weighted by atomic mass is 9.88. The van der Waals surface area contributed by atoms with Crippen molar-refractivity contribution in [3.05, 3.63) is 12.7 Å². The van der Waals surface area contributed by atoms with Crippen molar-refractivity contribution >= 4 is 5.91 Å². The van der Waals surface area contributed by atoms with Gasteiger partial charge >= 0.3 is 0 Å². The molecule has 0 aromatic heterocycles. The van der Waals surface area contributed by atoms with Gasteiger partial charge in [0.25, 0.3) is 0 Å². The maximum Gasteiger partial charge on any atom is 0.246 e. The Morgan fingerprint density at radius 1 is 1.06 bits per heavy atom. The van der Waals surface area contributed by atoms with Crippen molar-refractivity contribution in [3.63, 3.8) is 0 Å². The number of piperidine rings is 1. The first-order chi connectivity index (χ1) is 8.06. The molecule has 0 aromatic rings. The van der Waals surface area contributed by atoms with Crippen LogP contribution in [0.2, 0.25) is 0 Å². The molecule has 0 saturated carbocycles. The van der Waals surface area contributed by atoms with E-state index >= 15 is 0 Å². The largest absolute Gasteiger partial charge is 0.334 e. The third-order valence-electron chi connectivity index (χ3n) is 2.87. The molecule has 2 heteroatoms. The first-order valence-electron chi connectivity index (χ1n) is 7.01. The predicted molar refractivity (Wildman–Crippen MR) is 77.1 cm³/mol. The highest BCUT2D eigenvalue weighted by Crippen LogP contribution is 2.27. The van der Waals surface area contributed by atoms with Gasteiger partial charge in [0.05, 0.1) is 0 Å². The molecule has 0 radical (unpaired) electrons. The van der Waals surface area contributed by atoms with Gasteiger partial charge in [0.1, 0.15) is 0 Å². The van der Waals surface area contributed by atoms with Gasteiger partial charge in [0, 0.05) is 12.1 Å². The molecule has 0 aliphatic carbocycles. The quantitative estimate of drug-likeness (QED) is 0.628. The fourth-order valence-corrected chi connectivity index (χ4v) is 2.46. The van der Waals surface area contributed by atoms with E-state index in [-0.39, 0.29) is 5.91 Å². The van der Waals surface area contributed by atoms with Crippen LogP contribution in [0.5, 0.6) is 0 Å². The third-order valence-corrected chi connectivity index (χ3v) is 2.87. The predicted octanol–water partition coefficient (Wildman–Crippen LogP) is 4.26. The summed E-state index contributed by atoms with van der Waals surface area (Å²) in [5.74, 6) is 0.811. The molecule has 1 amide bonds.